The lowest BCUT2D eigenvalue weighted by molar-refractivity contribution is -0.143. The van der Waals surface area contributed by atoms with Gasteiger partial charge in [-0.25, -0.2) is 0 Å². The zero-order chi connectivity index (χ0) is 40.8. The molecule has 0 aromatic carbocycles. The summed E-state index contributed by atoms with van der Waals surface area (Å²) >= 11 is 0. The van der Waals surface area contributed by atoms with Gasteiger partial charge in [0.25, 0.3) is 0 Å². The molecule has 0 aliphatic carbocycles. The van der Waals surface area contributed by atoms with Crippen LogP contribution in [0.5, 0.6) is 0 Å². The topological polar surface area (TPSA) is 95.9 Å². The van der Waals surface area contributed by atoms with Crippen molar-refractivity contribution in [3.05, 3.63) is 48.6 Å². The van der Waals surface area contributed by atoms with Crippen molar-refractivity contribution in [2.75, 3.05) is 13.2 Å². The molecule has 2 atom stereocenters. The maximum Gasteiger partial charge on any atom is 0.305 e. The third-order valence-corrected chi connectivity index (χ3v) is 10.6. The number of nitrogens with one attached hydrogen (secondary N) is 1. The van der Waals surface area contributed by atoms with E-state index in [1.807, 2.05) is 6.08 Å². The third kappa shape index (κ3) is 41.5. The molecule has 0 radical (unpaired) electrons. The molecule has 0 aliphatic rings. The summed E-state index contributed by atoms with van der Waals surface area (Å²) in [5, 5.41) is 23.0. The molecule has 0 saturated heterocycles. The third-order valence-electron chi connectivity index (χ3n) is 10.6. The largest absolute Gasteiger partial charge is 0.466 e. The van der Waals surface area contributed by atoms with Gasteiger partial charge in [0, 0.05) is 12.8 Å². The van der Waals surface area contributed by atoms with Gasteiger partial charge < -0.3 is 20.3 Å². The highest BCUT2D eigenvalue weighted by atomic mass is 16.5. The second-order valence-electron chi connectivity index (χ2n) is 16.1. The van der Waals surface area contributed by atoms with Crippen LogP contribution in [0.4, 0.5) is 0 Å². The summed E-state index contributed by atoms with van der Waals surface area (Å²) in [6.07, 6.45) is 55.3. The van der Waals surface area contributed by atoms with Gasteiger partial charge in [-0.15, -0.1) is 0 Å². The van der Waals surface area contributed by atoms with E-state index in [9.17, 15) is 19.8 Å². The summed E-state index contributed by atoms with van der Waals surface area (Å²) in [5.41, 5.74) is 0. The monoisotopic (exact) mass is 786 g/mol. The van der Waals surface area contributed by atoms with Crippen LogP contribution in [0.3, 0.4) is 0 Å². The molecule has 56 heavy (non-hydrogen) atoms. The minimum atomic E-state index is -0.867. The van der Waals surface area contributed by atoms with Gasteiger partial charge in [-0.05, 0) is 89.9 Å². The van der Waals surface area contributed by atoms with Crippen molar-refractivity contribution in [1.29, 1.82) is 0 Å². The van der Waals surface area contributed by atoms with Crippen LogP contribution in [-0.4, -0.2) is 47.4 Å². The highest BCUT2D eigenvalue weighted by Crippen LogP contribution is 2.13. The minimum absolute atomic E-state index is 0.0532. The highest BCUT2D eigenvalue weighted by molar-refractivity contribution is 5.76. The van der Waals surface area contributed by atoms with Crippen LogP contribution in [0.25, 0.3) is 0 Å². The second kappa shape index (κ2) is 45.5. The van der Waals surface area contributed by atoms with E-state index in [1.54, 1.807) is 6.08 Å². The van der Waals surface area contributed by atoms with Crippen molar-refractivity contribution in [3.8, 4) is 0 Å². The van der Waals surface area contributed by atoms with Crippen molar-refractivity contribution < 1.29 is 24.5 Å². The Kier molecular flexibility index (Phi) is 43.7. The number of aliphatic hydroxyl groups excluding tert-OH is 2. The Morgan fingerprint density at radius 3 is 1.39 bits per heavy atom. The van der Waals surface area contributed by atoms with Crippen LogP contribution in [0.15, 0.2) is 48.6 Å². The molecule has 0 aromatic rings. The van der Waals surface area contributed by atoms with Crippen molar-refractivity contribution in [2.24, 2.45) is 0 Å². The summed E-state index contributed by atoms with van der Waals surface area (Å²) in [6.45, 7) is 4.76. The van der Waals surface area contributed by atoms with E-state index < -0.39 is 12.1 Å². The standard InChI is InChI=1S/C50H91NO5/c1-3-5-7-9-11-13-15-17-18-19-21-23-28-32-36-40-44-50(55)56-45-41-37-33-29-25-24-27-31-35-39-43-49(54)51-47(46-52)48(53)42-38-34-30-26-22-20-16-14-12-10-8-6-4-2/h13,15,18-19,25,29,38,42,47-48,52-53H,3-12,14,16-17,20-24,26-28,30-37,39-41,43-46H2,1-2H3,(H,51,54)/b15-13-,19-18-,29-25-,42-38+. The van der Waals surface area contributed by atoms with Gasteiger partial charge in [0.05, 0.1) is 25.4 Å². The van der Waals surface area contributed by atoms with Crippen LogP contribution in [-0.2, 0) is 14.3 Å². The molecule has 0 bridgehead atoms. The average molecular weight is 786 g/mol. The lowest BCUT2D eigenvalue weighted by atomic mass is 10.0. The van der Waals surface area contributed by atoms with E-state index in [0.717, 1.165) is 89.9 Å². The molecule has 0 aromatic heterocycles. The number of carbonyl (C=O) groups excluding carboxylic acids is 2. The van der Waals surface area contributed by atoms with Crippen molar-refractivity contribution in [1.82, 2.24) is 5.32 Å². The van der Waals surface area contributed by atoms with Crippen LogP contribution in [0.1, 0.15) is 232 Å². The first-order chi connectivity index (χ1) is 27.5. The van der Waals surface area contributed by atoms with Gasteiger partial charge in [0.15, 0.2) is 0 Å². The first-order valence-corrected chi connectivity index (χ1v) is 23.9. The summed E-state index contributed by atoms with van der Waals surface area (Å²) < 4.78 is 5.42. The zero-order valence-electron chi connectivity index (χ0n) is 36.8. The van der Waals surface area contributed by atoms with E-state index in [-0.39, 0.29) is 18.5 Å². The Hall–Kier alpha value is -2.18. The molecule has 6 heteroatoms. The van der Waals surface area contributed by atoms with E-state index in [1.165, 1.54) is 116 Å². The number of allylic oxidation sites excluding steroid dienone is 7. The number of rotatable bonds is 43. The Bertz CT molecular complexity index is 957. The Morgan fingerprint density at radius 1 is 0.500 bits per heavy atom. The Balaban J connectivity index is 3.59. The molecular weight excluding hydrogens is 695 g/mol. The summed E-state index contributed by atoms with van der Waals surface area (Å²) in [7, 11) is 0. The predicted octanol–water partition coefficient (Wildman–Crippen LogP) is 13.9. The number of amides is 1. The first-order valence-electron chi connectivity index (χ1n) is 23.9. The Morgan fingerprint density at radius 2 is 0.893 bits per heavy atom. The highest BCUT2D eigenvalue weighted by Gasteiger charge is 2.18. The molecule has 2 unspecified atom stereocenters. The second-order valence-corrected chi connectivity index (χ2v) is 16.1. The molecule has 6 nitrogen and oxygen atoms in total. The first kappa shape index (κ1) is 53.8. The van der Waals surface area contributed by atoms with Gasteiger partial charge in [0.2, 0.25) is 5.91 Å². The molecule has 1 amide bonds. The van der Waals surface area contributed by atoms with Gasteiger partial charge in [-0.3, -0.25) is 9.59 Å². The summed E-state index contributed by atoms with van der Waals surface area (Å²) in [5.74, 6) is -0.160. The molecule has 326 valence electrons. The number of hydrogen-bond acceptors (Lipinski definition) is 5. The van der Waals surface area contributed by atoms with Crippen LogP contribution in [0.2, 0.25) is 0 Å². The lowest BCUT2D eigenvalue weighted by Gasteiger charge is -2.20. The number of esters is 1. The van der Waals surface area contributed by atoms with E-state index in [4.69, 9.17) is 4.74 Å². The lowest BCUT2D eigenvalue weighted by Crippen LogP contribution is -2.45. The van der Waals surface area contributed by atoms with E-state index in [0.29, 0.717) is 19.4 Å². The number of carbonyl (C=O) groups is 2. The molecule has 0 fully saturated rings. The summed E-state index contributed by atoms with van der Waals surface area (Å²) in [6, 6.07) is -0.654. The van der Waals surface area contributed by atoms with Crippen molar-refractivity contribution >= 4 is 11.9 Å². The van der Waals surface area contributed by atoms with E-state index in [2.05, 4.69) is 55.6 Å². The smallest absolute Gasteiger partial charge is 0.305 e. The van der Waals surface area contributed by atoms with Crippen LogP contribution >= 0.6 is 0 Å². The van der Waals surface area contributed by atoms with Crippen molar-refractivity contribution in [2.45, 2.75) is 244 Å². The Labute approximate surface area is 346 Å². The summed E-state index contributed by atoms with van der Waals surface area (Å²) in [4.78, 5) is 24.4. The fraction of sp³-hybridized carbons (Fsp3) is 0.800. The predicted molar refractivity (Wildman–Crippen MR) is 241 cm³/mol. The number of unbranched alkanes of at least 4 members (excludes halogenated alkanes) is 26. The molecule has 0 aliphatic heterocycles. The number of ether oxygens (including phenoxy) is 1. The normalized spacial score (nSPS) is 13.1. The molecule has 0 rings (SSSR count). The van der Waals surface area contributed by atoms with Gasteiger partial charge >= 0.3 is 5.97 Å². The van der Waals surface area contributed by atoms with Crippen LogP contribution in [0, 0.1) is 0 Å². The number of aliphatic hydroxyl groups is 2. The van der Waals surface area contributed by atoms with Gasteiger partial charge in [0.1, 0.15) is 0 Å². The average Bonchev–Trinajstić information content (AvgIpc) is 3.20. The molecule has 0 saturated carbocycles. The molecule has 3 N–H and O–H groups in total. The quantitative estimate of drug-likeness (QED) is 0.0325. The van der Waals surface area contributed by atoms with Gasteiger partial charge in [-0.1, -0.05) is 178 Å². The zero-order valence-corrected chi connectivity index (χ0v) is 36.8. The van der Waals surface area contributed by atoms with Gasteiger partial charge in [-0.2, -0.15) is 0 Å². The minimum Gasteiger partial charge on any atom is -0.466 e. The fourth-order valence-corrected chi connectivity index (χ4v) is 6.83. The maximum atomic E-state index is 12.4. The van der Waals surface area contributed by atoms with Crippen LogP contribution < -0.4 is 5.32 Å². The van der Waals surface area contributed by atoms with Crippen molar-refractivity contribution in [3.63, 3.8) is 0 Å². The number of hydrogen-bond donors (Lipinski definition) is 3. The van der Waals surface area contributed by atoms with E-state index >= 15 is 0 Å². The fourth-order valence-electron chi connectivity index (χ4n) is 6.83. The molecule has 0 spiro atoms. The SMILES string of the molecule is CCCCCC/C=C\C/C=C\CCCCCCCC(=O)OCCCC/C=C\CCCCCCC(=O)NC(CO)C(O)/C=C/CCCCCCCCCCCCC. The maximum absolute atomic E-state index is 12.4. The molecular formula is C50H91NO5. The molecule has 0 heterocycles.